The molecular weight excluding hydrogens is 385 g/mol. The number of carbonyl (C=O) groups is 2. The topological polar surface area (TPSA) is 49.9 Å². The Hall–Kier alpha value is -2.25. The fraction of sp³-hybridized carbons (Fsp3) is 0.619. The van der Waals surface area contributed by atoms with Crippen LogP contribution in [0.2, 0.25) is 0 Å². The highest BCUT2D eigenvalue weighted by Crippen LogP contribution is 2.25. The maximum absolute atomic E-state index is 12.7. The first-order valence-corrected chi connectivity index (χ1v) is 9.87. The standard InChI is InChI=1S/C21H29F3N2O3/c1-20(2,3)29-19(28)26(13-7-10-16-8-5-4-6-9-16)17-11-14-25(15-12-17)18(27)21(22,23)24/h4-6,8-9,17H,7,10-15H2,1-3H3. The predicted molar refractivity (Wildman–Crippen MR) is 103 cm³/mol. The van der Waals surface area contributed by atoms with Crippen LogP contribution in [0.15, 0.2) is 30.3 Å². The molecule has 1 heterocycles. The van der Waals surface area contributed by atoms with Crippen molar-refractivity contribution in [2.75, 3.05) is 19.6 Å². The highest BCUT2D eigenvalue weighted by molar-refractivity contribution is 5.82. The van der Waals surface area contributed by atoms with Crippen molar-refractivity contribution in [3.05, 3.63) is 35.9 Å². The van der Waals surface area contributed by atoms with Crippen molar-refractivity contribution in [2.45, 2.75) is 64.3 Å². The summed E-state index contributed by atoms with van der Waals surface area (Å²) in [6.07, 6.45) is -3.24. The monoisotopic (exact) mass is 414 g/mol. The van der Waals surface area contributed by atoms with Crippen molar-refractivity contribution >= 4 is 12.0 Å². The van der Waals surface area contributed by atoms with E-state index in [4.69, 9.17) is 4.74 Å². The normalized spacial score (nSPS) is 15.9. The number of aryl methyl sites for hydroxylation is 1. The second-order valence-electron chi connectivity index (χ2n) is 8.28. The summed E-state index contributed by atoms with van der Waals surface area (Å²) in [4.78, 5) is 26.6. The van der Waals surface area contributed by atoms with Gasteiger partial charge in [-0.05, 0) is 52.0 Å². The average Bonchev–Trinajstić information content (AvgIpc) is 2.63. The van der Waals surface area contributed by atoms with Crippen LogP contribution in [-0.2, 0) is 16.0 Å². The molecule has 0 N–H and O–H groups in total. The quantitative estimate of drug-likeness (QED) is 0.717. The van der Waals surface area contributed by atoms with E-state index in [1.165, 1.54) is 0 Å². The maximum atomic E-state index is 12.7. The number of likely N-dealkylation sites (tertiary alicyclic amines) is 1. The van der Waals surface area contributed by atoms with Crippen LogP contribution in [-0.4, -0.2) is 59.3 Å². The van der Waals surface area contributed by atoms with Gasteiger partial charge in [-0.1, -0.05) is 30.3 Å². The van der Waals surface area contributed by atoms with E-state index in [-0.39, 0.29) is 19.1 Å². The molecule has 5 nitrogen and oxygen atoms in total. The Morgan fingerprint density at radius 3 is 2.21 bits per heavy atom. The molecule has 1 aliphatic heterocycles. The molecule has 0 aromatic heterocycles. The molecule has 0 bridgehead atoms. The smallest absolute Gasteiger partial charge is 0.444 e. The number of piperidine rings is 1. The van der Waals surface area contributed by atoms with Gasteiger partial charge in [0.25, 0.3) is 0 Å². The lowest BCUT2D eigenvalue weighted by Gasteiger charge is -2.39. The third kappa shape index (κ3) is 7.25. The highest BCUT2D eigenvalue weighted by atomic mass is 19.4. The molecule has 0 spiro atoms. The number of hydrogen-bond donors (Lipinski definition) is 0. The number of nitrogens with zero attached hydrogens (tertiary/aromatic N) is 2. The summed E-state index contributed by atoms with van der Waals surface area (Å²) in [5.41, 5.74) is 0.490. The zero-order valence-electron chi connectivity index (χ0n) is 17.2. The second-order valence-corrected chi connectivity index (χ2v) is 8.28. The molecule has 2 amide bonds. The number of halogens is 3. The minimum Gasteiger partial charge on any atom is -0.444 e. The third-order valence-electron chi connectivity index (χ3n) is 4.77. The van der Waals surface area contributed by atoms with Crippen LogP contribution in [0.3, 0.4) is 0 Å². The van der Waals surface area contributed by atoms with Crippen LogP contribution in [0.5, 0.6) is 0 Å². The van der Waals surface area contributed by atoms with Gasteiger partial charge < -0.3 is 14.5 Å². The molecule has 1 aromatic rings. The van der Waals surface area contributed by atoms with Gasteiger partial charge in [0.1, 0.15) is 5.60 Å². The number of benzene rings is 1. The minimum atomic E-state index is -4.87. The molecule has 2 rings (SSSR count). The fourth-order valence-electron chi connectivity index (χ4n) is 3.40. The predicted octanol–water partition coefficient (Wildman–Crippen LogP) is 4.41. The zero-order chi connectivity index (χ0) is 21.7. The van der Waals surface area contributed by atoms with Crippen molar-refractivity contribution < 1.29 is 27.5 Å². The third-order valence-corrected chi connectivity index (χ3v) is 4.77. The van der Waals surface area contributed by atoms with Crippen LogP contribution in [0, 0.1) is 0 Å². The maximum Gasteiger partial charge on any atom is 0.471 e. The molecule has 29 heavy (non-hydrogen) atoms. The SMILES string of the molecule is CC(C)(C)OC(=O)N(CCCc1ccccc1)C1CCN(C(=O)C(F)(F)F)CC1. The Morgan fingerprint density at radius 2 is 1.69 bits per heavy atom. The van der Waals surface area contributed by atoms with Gasteiger partial charge in [0, 0.05) is 25.7 Å². The Kier molecular flexibility index (Phi) is 7.54. The number of hydrogen-bond acceptors (Lipinski definition) is 3. The first kappa shape index (κ1) is 23.0. The van der Waals surface area contributed by atoms with E-state index >= 15 is 0 Å². The van der Waals surface area contributed by atoms with E-state index in [9.17, 15) is 22.8 Å². The summed E-state index contributed by atoms with van der Waals surface area (Å²) in [6.45, 7) is 5.72. The summed E-state index contributed by atoms with van der Waals surface area (Å²) in [5, 5.41) is 0. The van der Waals surface area contributed by atoms with Crippen molar-refractivity contribution in [3.63, 3.8) is 0 Å². The molecule has 8 heteroatoms. The summed E-state index contributed by atoms with van der Waals surface area (Å²) < 4.78 is 43.5. The number of ether oxygens (including phenoxy) is 1. The van der Waals surface area contributed by atoms with Gasteiger partial charge in [-0.15, -0.1) is 0 Å². The summed E-state index contributed by atoms with van der Waals surface area (Å²) in [7, 11) is 0. The zero-order valence-corrected chi connectivity index (χ0v) is 17.2. The first-order chi connectivity index (χ1) is 13.5. The molecule has 1 fully saturated rings. The van der Waals surface area contributed by atoms with Crippen LogP contribution in [0.25, 0.3) is 0 Å². The molecular formula is C21H29F3N2O3. The second kappa shape index (κ2) is 9.50. The van der Waals surface area contributed by atoms with Gasteiger partial charge in [0.15, 0.2) is 0 Å². The van der Waals surface area contributed by atoms with E-state index in [0.29, 0.717) is 25.8 Å². The lowest BCUT2D eigenvalue weighted by Crippen LogP contribution is -2.52. The van der Waals surface area contributed by atoms with Crippen LogP contribution < -0.4 is 0 Å². The average molecular weight is 414 g/mol. The van der Waals surface area contributed by atoms with Crippen LogP contribution in [0.4, 0.5) is 18.0 Å². The van der Waals surface area contributed by atoms with Gasteiger partial charge in [0.05, 0.1) is 0 Å². The van der Waals surface area contributed by atoms with Crippen LogP contribution in [0.1, 0.15) is 45.6 Å². The fourth-order valence-corrected chi connectivity index (χ4v) is 3.40. The molecule has 0 aliphatic carbocycles. The summed E-state index contributed by atoms with van der Waals surface area (Å²) in [6, 6.07) is 9.62. The number of rotatable bonds is 5. The Labute approximate surface area is 169 Å². The van der Waals surface area contributed by atoms with Gasteiger partial charge in [-0.3, -0.25) is 4.79 Å². The molecule has 0 saturated carbocycles. The largest absolute Gasteiger partial charge is 0.471 e. The number of alkyl halides is 3. The Balaban J connectivity index is 1.99. The molecule has 162 valence electrons. The lowest BCUT2D eigenvalue weighted by molar-refractivity contribution is -0.186. The van der Waals surface area contributed by atoms with E-state index < -0.39 is 23.8 Å². The summed E-state index contributed by atoms with van der Waals surface area (Å²) in [5.74, 6) is -1.82. The number of carbonyl (C=O) groups excluding carboxylic acids is 2. The molecule has 1 aromatic carbocycles. The van der Waals surface area contributed by atoms with Gasteiger partial charge >= 0.3 is 18.2 Å². The van der Waals surface area contributed by atoms with E-state index in [2.05, 4.69) is 0 Å². The van der Waals surface area contributed by atoms with Crippen molar-refractivity contribution in [1.29, 1.82) is 0 Å². The molecule has 0 radical (unpaired) electrons. The minimum absolute atomic E-state index is 0.0268. The molecule has 0 unspecified atom stereocenters. The number of amides is 2. The highest BCUT2D eigenvalue weighted by Gasteiger charge is 2.44. The summed E-state index contributed by atoms with van der Waals surface area (Å²) >= 11 is 0. The van der Waals surface area contributed by atoms with E-state index in [1.54, 1.807) is 25.7 Å². The van der Waals surface area contributed by atoms with Crippen molar-refractivity contribution in [2.24, 2.45) is 0 Å². The first-order valence-electron chi connectivity index (χ1n) is 9.87. The van der Waals surface area contributed by atoms with E-state index in [0.717, 1.165) is 16.9 Å². The molecule has 1 aliphatic rings. The molecule has 1 saturated heterocycles. The Morgan fingerprint density at radius 1 is 1.10 bits per heavy atom. The van der Waals surface area contributed by atoms with Crippen molar-refractivity contribution in [3.8, 4) is 0 Å². The van der Waals surface area contributed by atoms with E-state index in [1.807, 2.05) is 30.3 Å². The van der Waals surface area contributed by atoms with Crippen LogP contribution >= 0.6 is 0 Å². The molecule has 0 atom stereocenters. The Bertz CT molecular complexity index is 679. The van der Waals surface area contributed by atoms with Gasteiger partial charge in [-0.2, -0.15) is 13.2 Å². The van der Waals surface area contributed by atoms with Crippen molar-refractivity contribution in [1.82, 2.24) is 9.80 Å². The van der Waals surface area contributed by atoms with Gasteiger partial charge in [-0.25, -0.2) is 4.79 Å². The lowest BCUT2D eigenvalue weighted by atomic mass is 10.0. The van der Waals surface area contributed by atoms with Gasteiger partial charge in [0.2, 0.25) is 0 Å².